The number of rotatable bonds is 5. The van der Waals surface area contributed by atoms with Crippen molar-refractivity contribution in [3.8, 4) is 0 Å². The standard InChI is InChI=1S/C19H20N4O/c1-15(17-11-7-4-8-12-17)22(2)19(24)18-14-23(21-20-18)13-16-9-5-3-6-10-16/h3-12,14-15H,13H2,1-2H3. The summed E-state index contributed by atoms with van der Waals surface area (Å²) in [5.74, 6) is -0.134. The third kappa shape index (κ3) is 3.51. The van der Waals surface area contributed by atoms with Crippen molar-refractivity contribution in [3.63, 3.8) is 0 Å². The van der Waals surface area contributed by atoms with Gasteiger partial charge in [-0.2, -0.15) is 0 Å². The molecule has 3 aromatic rings. The minimum absolute atomic E-state index is 0.0297. The first kappa shape index (κ1) is 15.9. The quantitative estimate of drug-likeness (QED) is 0.725. The average Bonchev–Trinajstić information content (AvgIpc) is 3.10. The molecule has 0 saturated heterocycles. The lowest BCUT2D eigenvalue weighted by Gasteiger charge is -2.24. The van der Waals surface area contributed by atoms with Crippen LogP contribution >= 0.6 is 0 Å². The van der Waals surface area contributed by atoms with E-state index in [2.05, 4.69) is 10.3 Å². The summed E-state index contributed by atoms with van der Waals surface area (Å²) >= 11 is 0. The third-order valence-corrected chi connectivity index (χ3v) is 4.13. The Balaban J connectivity index is 1.71. The summed E-state index contributed by atoms with van der Waals surface area (Å²) in [5, 5.41) is 8.10. The maximum Gasteiger partial charge on any atom is 0.276 e. The van der Waals surface area contributed by atoms with Gasteiger partial charge in [-0.25, -0.2) is 4.68 Å². The highest BCUT2D eigenvalue weighted by Crippen LogP contribution is 2.19. The molecule has 24 heavy (non-hydrogen) atoms. The summed E-state index contributed by atoms with van der Waals surface area (Å²) in [6, 6.07) is 19.9. The van der Waals surface area contributed by atoms with Crippen LogP contribution < -0.4 is 0 Å². The van der Waals surface area contributed by atoms with Crippen LogP contribution in [-0.2, 0) is 6.54 Å². The van der Waals surface area contributed by atoms with Crippen molar-refractivity contribution in [2.45, 2.75) is 19.5 Å². The minimum Gasteiger partial charge on any atom is -0.334 e. The molecule has 1 aromatic heterocycles. The van der Waals surface area contributed by atoms with Crippen molar-refractivity contribution < 1.29 is 4.79 Å². The fourth-order valence-electron chi connectivity index (χ4n) is 2.56. The number of hydrogen-bond acceptors (Lipinski definition) is 3. The predicted molar refractivity (Wildman–Crippen MR) is 92.5 cm³/mol. The normalized spacial score (nSPS) is 11.9. The van der Waals surface area contributed by atoms with Gasteiger partial charge in [-0.15, -0.1) is 5.10 Å². The molecule has 1 heterocycles. The molecular weight excluding hydrogens is 300 g/mol. The van der Waals surface area contributed by atoms with Gasteiger partial charge in [0.25, 0.3) is 5.91 Å². The second kappa shape index (κ2) is 7.08. The molecule has 1 amide bonds. The first-order chi connectivity index (χ1) is 11.6. The van der Waals surface area contributed by atoms with E-state index in [9.17, 15) is 4.79 Å². The van der Waals surface area contributed by atoms with Crippen LogP contribution in [0.25, 0.3) is 0 Å². The van der Waals surface area contributed by atoms with Crippen molar-refractivity contribution in [1.82, 2.24) is 19.9 Å². The molecule has 2 aromatic carbocycles. The van der Waals surface area contributed by atoms with Gasteiger partial charge in [0, 0.05) is 7.05 Å². The zero-order chi connectivity index (χ0) is 16.9. The Kier molecular flexibility index (Phi) is 4.70. The van der Waals surface area contributed by atoms with Gasteiger partial charge in [-0.3, -0.25) is 4.79 Å². The largest absolute Gasteiger partial charge is 0.334 e. The molecule has 0 aliphatic heterocycles. The summed E-state index contributed by atoms with van der Waals surface area (Å²) in [7, 11) is 1.79. The topological polar surface area (TPSA) is 51.0 Å². The maximum absolute atomic E-state index is 12.6. The molecule has 3 rings (SSSR count). The molecule has 1 atom stereocenters. The van der Waals surface area contributed by atoms with Gasteiger partial charge in [-0.1, -0.05) is 65.9 Å². The molecule has 0 radical (unpaired) electrons. The van der Waals surface area contributed by atoms with E-state index in [0.29, 0.717) is 12.2 Å². The van der Waals surface area contributed by atoms with Crippen molar-refractivity contribution >= 4 is 5.91 Å². The first-order valence-corrected chi connectivity index (χ1v) is 7.91. The lowest BCUT2D eigenvalue weighted by Crippen LogP contribution is -2.29. The molecular formula is C19H20N4O. The van der Waals surface area contributed by atoms with Crippen LogP contribution in [0.15, 0.2) is 66.9 Å². The molecule has 0 bridgehead atoms. The zero-order valence-corrected chi connectivity index (χ0v) is 13.8. The molecule has 5 nitrogen and oxygen atoms in total. The molecule has 0 saturated carbocycles. The van der Waals surface area contributed by atoms with Crippen LogP contribution in [0.2, 0.25) is 0 Å². The van der Waals surface area contributed by atoms with E-state index in [4.69, 9.17) is 0 Å². The molecule has 1 unspecified atom stereocenters. The number of aromatic nitrogens is 3. The summed E-state index contributed by atoms with van der Waals surface area (Å²) in [6.07, 6.45) is 1.70. The predicted octanol–water partition coefficient (Wildman–Crippen LogP) is 3.16. The molecule has 5 heteroatoms. The van der Waals surface area contributed by atoms with Gasteiger partial charge in [0.2, 0.25) is 0 Å². The Bertz CT molecular complexity index is 799. The lowest BCUT2D eigenvalue weighted by molar-refractivity contribution is 0.0736. The van der Waals surface area contributed by atoms with Crippen LogP contribution in [0.4, 0.5) is 0 Å². The monoisotopic (exact) mass is 320 g/mol. The van der Waals surface area contributed by atoms with Crippen LogP contribution in [0.5, 0.6) is 0 Å². The first-order valence-electron chi connectivity index (χ1n) is 7.91. The van der Waals surface area contributed by atoms with Crippen LogP contribution in [-0.4, -0.2) is 32.8 Å². The number of carbonyl (C=O) groups excluding carboxylic acids is 1. The fourth-order valence-corrected chi connectivity index (χ4v) is 2.56. The number of hydrogen-bond donors (Lipinski definition) is 0. The van der Waals surface area contributed by atoms with Crippen molar-refractivity contribution in [2.24, 2.45) is 0 Å². The van der Waals surface area contributed by atoms with Crippen molar-refractivity contribution in [1.29, 1.82) is 0 Å². The van der Waals surface area contributed by atoms with Gasteiger partial charge in [0.1, 0.15) is 0 Å². The smallest absolute Gasteiger partial charge is 0.276 e. The second-order valence-corrected chi connectivity index (χ2v) is 5.79. The van der Waals surface area contributed by atoms with Crippen LogP contribution in [0, 0.1) is 0 Å². The molecule has 0 N–H and O–H groups in total. The average molecular weight is 320 g/mol. The number of amides is 1. The minimum atomic E-state index is -0.134. The van der Waals surface area contributed by atoms with Crippen molar-refractivity contribution in [2.75, 3.05) is 7.05 Å². The highest BCUT2D eigenvalue weighted by Gasteiger charge is 2.21. The highest BCUT2D eigenvalue weighted by atomic mass is 16.2. The van der Waals surface area contributed by atoms with E-state index in [0.717, 1.165) is 11.1 Å². The zero-order valence-electron chi connectivity index (χ0n) is 13.8. The summed E-state index contributed by atoms with van der Waals surface area (Å²) < 4.78 is 1.68. The summed E-state index contributed by atoms with van der Waals surface area (Å²) in [4.78, 5) is 14.3. The van der Waals surface area contributed by atoms with Crippen LogP contribution in [0.1, 0.15) is 34.6 Å². The summed E-state index contributed by atoms with van der Waals surface area (Å²) in [6.45, 7) is 2.60. The van der Waals surface area contributed by atoms with E-state index in [1.807, 2.05) is 67.6 Å². The van der Waals surface area contributed by atoms with E-state index in [-0.39, 0.29) is 11.9 Å². The van der Waals surface area contributed by atoms with Crippen LogP contribution in [0.3, 0.4) is 0 Å². The highest BCUT2D eigenvalue weighted by molar-refractivity contribution is 5.92. The summed E-state index contributed by atoms with van der Waals surface area (Å²) in [5.41, 5.74) is 2.56. The maximum atomic E-state index is 12.6. The SMILES string of the molecule is CC(c1ccccc1)N(C)C(=O)c1cn(Cc2ccccc2)nn1. The van der Waals surface area contributed by atoms with Gasteiger partial charge in [0.15, 0.2) is 5.69 Å². The number of benzene rings is 2. The molecule has 122 valence electrons. The van der Waals surface area contributed by atoms with Crippen molar-refractivity contribution in [3.05, 3.63) is 83.7 Å². The Hall–Kier alpha value is -2.95. The lowest BCUT2D eigenvalue weighted by atomic mass is 10.1. The Morgan fingerprint density at radius 2 is 1.71 bits per heavy atom. The second-order valence-electron chi connectivity index (χ2n) is 5.79. The Morgan fingerprint density at radius 1 is 1.08 bits per heavy atom. The van der Waals surface area contributed by atoms with Gasteiger partial charge >= 0.3 is 0 Å². The van der Waals surface area contributed by atoms with Gasteiger partial charge in [-0.05, 0) is 18.1 Å². The fraction of sp³-hybridized carbons (Fsp3) is 0.211. The Labute approximate surface area is 141 Å². The molecule has 0 fully saturated rings. The van der Waals surface area contributed by atoms with Gasteiger partial charge in [0.05, 0.1) is 18.8 Å². The number of nitrogens with zero attached hydrogens (tertiary/aromatic N) is 4. The van der Waals surface area contributed by atoms with E-state index in [1.165, 1.54) is 0 Å². The molecule has 0 aliphatic carbocycles. The number of carbonyl (C=O) groups is 1. The molecule has 0 aliphatic rings. The Morgan fingerprint density at radius 3 is 2.38 bits per heavy atom. The molecule has 0 spiro atoms. The van der Waals surface area contributed by atoms with E-state index in [1.54, 1.807) is 22.8 Å². The van der Waals surface area contributed by atoms with Gasteiger partial charge < -0.3 is 4.90 Å². The van der Waals surface area contributed by atoms with E-state index < -0.39 is 0 Å². The van der Waals surface area contributed by atoms with E-state index >= 15 is 0 Å². The third-order valence-electron chi connectivity index (χ3n) is 4.13.